The Hall–Kier alpha value is 1.19. The first-order valence-corrected chi connectivity index (χ1v) is 4.43. The van der Waals surface area contributed by atoms with Crippen LogP contribution in [0.5, 0.6) is 0 Å². The summed E-state index contributed by atoms with van der Waals surface area (Å²) >= 11 is 0. The molecule has 1 nitrogen and oxygen atoms in total. The summed E-state index contributed by atoms with van der Waals surface area (Å²) in [7, 11) is 0. The van der Waals surface area contributed by atoms with Crippen LogP contribution < -0.4 is 37.2 Å². The molecule has 85 valence electrons. The summed E-state index contributed by atoms with van der Waals surface area (Å²) in [6.45, 7) is 0.301. The summed E-state index contributed by atoms with van der Waals surface area (Å²) in [5.41, 5.74) is 3.02. The third kappa shape index (κ3) is 4.92. The Morgan fingerprint density at radius 1 is 1.13 bits per heavy atom. The predicted molar refractivity (Wildman–Crippen MR) is 45.2 cm³/mol. The van der Waals surface area contributed by atoms with Gasteiger partial charge >= 0.3 is 26.2 Å². The van der Waals surface area contributed by atoms with Crippen molar-refractivity contribution < 1.29 is 68.5 Å². The van der Waals surface area contributed by atoms with E-state index in [4.69, 9.17) is 5.11 Å². The van der Waals surface area contributed by atoms with Crippen LogP contribution in [0.3, 0.4) is 0 Å². The minimum Gasteiger partial charge on any atom is -1.00 e. The second-order valence-electron chi connectivity index (χ2n) is 3.41. The Kier molecular flexibility index (Phi) is 14.8. The van der Waals surface area contributed by atoms with Crippen LogP contribution in [0.2, 0.25) is 0 Å². The van der Waals surface area contributed by atoms with Gasteiger partial charge in [-0.2, -0.15) is 0 Å². The van der Waals surface area contributed by atoms with Crippen LogP contribution in [-0.2, 0) is 26.2 Å². The summed E-state index contributed by atoms with van der Waals surface area (Å²) in [6, 6.07) is 0. The van der Waals surface area contributed by atoms with Gasteiger partial charge in [0.05, 0.1) is 6.61 Å². The second kappa shape index (κ2) is 10.4. The van der Waals surface area contributed by atoms with Crippen LogP contribution >= 0.6 is 0 Å². The third-order valence-corrected chi connectivity index (χ3v) is 2.73. The molecular formula is C10H14Cl3OZr. The molecule has 0 aromatic rings. The summed E-state index contributed by atoms with van der Waals surface area (Å²) in [5.74, 6) is 0.366. The standard InChI is InChI=1S/C10H14O.3ClH.Zr/c11-7-9-6-5-8-3-1-2-4-10(8)9;;;;/h5-6,9,11H,1-4,7H2;3*1H;/q;;;;+3/p-3/t9-;;;;/m1..../s1. The van der Waals surface area contributed by atoms with Crippen LogP contribution in [0.15, 0.2) is 23.3 Å². The zero-order chi connectivity index (χ0) is 7.68. The van der Waals surface area contributed by atoms with E-state index in [9.17, 15) is 0 Å². The van der Waals surface area contributed by atoms with Gasteiger partial charge in [-0.15, -0.1) is 0 Å². The Morgan fingerprint density at radius 3 is 2.33 bits per heavy atom. The first-order chi connectivity index (χ1) is 5.42. The smallest absolute Gasteiger partial charge is 1.00 e. The van der Waals surface area contributed by atoms with Gasteiger partial charge in [-0.05, 0) is 31.3 Å². The molecule has 15 heavy (non-hydrogen) atoms. The molecule has 0 heterocycles. The molecule has 0 amide bonds. The molecule has 0 aromatic heterocycles. The van der Waals surface area contributed by atoms with Gasteiger partial charge in [0.15, 0.2) is 0 Å². The van der Waals surface area contributed by atoms with Gasteiger partial charge in [0.25, 0.3) is 0 Å². The van der Waals surface area contributed by atoms with Crippen LogP contribution in [0, 0.1) is 5.92 Å². The fourth-order valence-corrected chi connectivity index (χ4v) is 2.09. The molecule has 1 atom stereocenters. The normalized spacial score (nSPS) is 21.5. The van der Waals surface area contributed by atoms with Crippen molar-refractivity contribution in [1.82, 2.24) is 0 Å². The average Bonchev–Trinajstić information content (AvgIpc) is 2.47. The summed E-state index contributed by atoms with van der Waals surface area (Å²) in [6.07, 6.45) is 9.46. The van der Waals surface area contributed by atoms with Gasteiger partial charge in [0.1, 0.15) is 0 Å². The fourth-order valence-electron chi connectivity index (χ4n) is 2.09. The van der Waals surface area contributed by atoms with Crippen molar-refractivity contribution in [2.75, 3.05) is 6.61 Å². The van der Waals surface area contributed by atoms with Gasteiger partial charge in [0.2, 0.25) is 0 Å². The van der Waals surface area contributed by atoms with E-state index >= 15 is 0 Å². The topological polar surface area (TPSA) is 20.2 Å². The van der Waals surface area contributed by atoms with Gasteiger partial charge in [-0.25, -0.2) is 0 Å². The molecule has 2 aliphatic carbocycles. The summed E-state index contributed by atoms with van der Waals surface area (Å²) < 4.78 is 0. The molecule has 0 saturated carbocycles. The minimum atomic E-state index is 0. The van der Waals surface area contributed by atoms with E-state index in [1.54, 1.807) is 0 Å². The van der Waals surface area contributed by atoms with E-state index in [2.05, 4.69) is 12.2 Å². The van der Waals surface area contributed by atoms with Gasteiger partial charge in [0, 0.05) is 5.92 Å². The maximum Gasteiger partial charge on any atom is 3.00 e. The van der Waals surface area contributed by atoms with Gasteiger partial charge < -0.3 is 42.3 Å². The molecule has 0 aliphatic heterocycles. The first-order valence-electron chi connectivity index (χ1n) is 4.43. The van der Waals surface area contributed by atoms with Crippen molar-refractivity contribution >= 4 is 0 Å². The summed E-state index contributed by atoms with van der Waals surface area (Å²) in [4.78, 5) is 0. The van der Waals surface area contributed by atoms with Crippen molar-refractivity contribution in [1.29, 1.82) is 0 Å². The number of halogens is 3. The molecule has 2 rings (SSSR count). The number of aliphatic hydroxyl groups is 1. The van der Waals surface area contributed by atoms with Crippen molar-refractivity contribution in [2.24, 2.45) is 5.92 Å². The van der Waals surface area contributed by atoms with E-state index in [-0.39, 0.29) is 63.4 Å². The van der Waals surface area contributed by atoms with Gasteiger partial charge in [-0.1, -0.05) is 17.7 Å². The fraction of sp³-hybridized carbons (Fsp3) is 0.600. The number of rotatable bonds is 1. The molecule has 2 aliphatic rings. The van der Waals surface area contributed by atoms with Crippen molar-refractivity contribution in [2.45, 2.75) is 25.7 Å². The third-order valence-electron chi connectivity index (χ3n) is 2.73. The van der Waals surface area contributed by atoms with Crippen molar-refractivity contribution in [3.63, 3.8) is 0 Å². The van der Waals surface area contributed by atoms with E-state index in [1.165, 1.54) is 36.8 Å². The van der Waals surface area contributed by atoms with Crippen LogP contribution in [0.25, 0.3) is 0 Å². The molecule has 5 heteroatoms. The molecule has 0 spiro atoms. The van der Waals surface area contributed by atoms with Crippen LogP contribution in [-0.4, -0.2) is 11.7 Å². The van der Waals surface area contributed by atoms with Crippen LogP contribution in [0.4, 0.5) is 0 Å². The molecule has 0 saturated heterocycles. The number of hydrogen-bond acceptors (Lipinski definition) is 1. The monoisotopic (exact) mass is 345 g/mol. The Morgan fingerprint density at radius 2 is 1.73 bits per heavy atom. The first kappa shape index (κ1) is 21.5. The van der Waals surface area contributed by atoms with Crippen LogP contribution in [0.1, 0.15) is 25.7 Å². The molecule has 0 aromatic carbocycles. The largest absolute Gasteiger partial charge is 3.00 e. The number of allylic oxidation sites excluding steroid dienone is 2. The quantitative estimate of drug-likeness (QED) is 0.500. The maximum atomic E-state index is 9.02. The molecule has 1 N–H and O–H groups in total. The molecular weight excluding hydrogens is 334 g/mol. The predicted octanol–water partition coefficient (Wildman–Crippen LogP) is -6.96. The molecule has 1 radical (unpaired) electrons. The Balaban J connectivity index is -0.000000360. The minimum absolute atomic E-state index is 0. The van der Waals surface area contributed by atoms with E-state index in [0.717, 1.165) is 0 Å². The molecule has 0 fully saturated rings. The van der Waals surface area contributed by atoms with E-state index in [1.807, 2.05) is 0 Å². The van der Waals surface area contributed by atoms with Crippen molar-refractivity contribution in [3.8, 4) is 0 Å². The molecule has 0 unspecified atom stereocenters. The molecule has 0 bridgehead atoms. The summed E-state index contributed by atoms with van der Waals surface area (Å²) in [5, 5.41) is 9.02. The maximum absolute atomic E-state index is 9.02. The zero-order valence-corrected chi connectivity index (χ0v) is 13.1. The number of aliphatic hydroxyl groups excluding tert-OH is 1. The average molecular weight is 348 g/mol. The van der Waals surface area contributed by atoms with E-state index in [0.29, 0.717) is 12.5 Å². The van der Waals surface area contributed by atoms with Crippen molar-refractivity contribution in [3.05, 3.63) is 23.3 Å². The zero-order valence-electron chi connectivity index (χ0n) is 8.35. The Labute approximate surface area is 129 Å². The SMILES string of the molecule is OC[C@H]1C=CC2=C1CCCC2.[Cl-].[Cl-].[Cl-].[Zr+3]. The van der Waals surface area contributed by atoms with Gasteiger partial charge in [-0.3, -0.25) is 0 Å². The van der Waals surface area contributed by atoms with E-state index < -0.39 is 0 Å². The second-order valence-corrected chi connectivity index (χ2v) is 3.41. The number of hydrogen-bond donors (Lipinski definition) is 1. The Bertz CT molecular complexity index is 229.